The first-order chi connectivity index (χ1) is 22.3. The van der Waals surface area contributed by atoms with E-state index in [4.69, 9.17) is 4.98 Å². The largest absolute Gasteiger partial charge is 0.480 e. The summed E-state index contributed by atoms with van der Waals surface area (Å²) in [7, 11) is -4.16. The Balaban J connectivity index is 1.26. The standard InChI is InChI=1S/C37H34N4O4S/c1-27-23-28-13-11-22-34(35(28)38-24-27)46(44,45)40-33(36(42)43)21-12-20-32-25-41(26-39-32)37(29-14-5-2-6-15-29,30-16-7-3-8-17-30)31-18-9-4-10-19-31/h2-11,13-19,22-26,33,40H,12,20-21H2,1H3,(H,42,43)/t33-/m0/s1. The number of para-hydroxylation sites is 1. The number of pyridine rings is 1. The van der Waals surface area contributed by atoms with Crippen molar-refractivity contribution in [1.82, 2.24) is 19.3 Å². The van der Waals surface area contributed by atoms with E-state index in [2.05, 4.69) is 50.7 Å². The first kappa shape index (κ1) is 30.9. The molecule has 46 heavy (non-hydrogen) atoms. The van der Waals surface area contributed by atoms with E-state index < -0.39 is 27.6 Å². The van der Waals surface area contributed by atoms with Crippen LogP contribution in [0.1, 0.15) is 40.8 Å². The molecule has 2 aromatic heterocycles. The first-order valence-electron chi connectivity index (χ1n) is 15.1. The molecule has 0 bridgehead atoms. The summed E-state index contributed by atoms with van der Waals surface area (Å²) in [6.07, 6.45) is 6.35. The second-order valence-electron chi connectivity index (χ2n) is 11.3. The summed E-state index contributed by atoms with van der Waals surface area (Å²) in [6, 6.07) is 36.2. The van der Waals surface area contributed by atoms with E-state index in [0.717, 1.165) is 27.9 Å². The van der Waals surface area contributed by atoms with Crippen LogP contribution in [0.25, 0.3) is 10.9 Å². The summed E-state index contributed by atoms with van der Waals surface area (Å²) in [4.78, 5) is 21.2. The molecule has 6 rings (SSSR count). The van der Waals surface area contributed by atoms with Gasteiger partial charge in [-0.1, -0.05) is 103 Å². The van der Waals surface area contributed by atoms with Gasteiger partial charge < -0.3 is 9.67 Å². The third-order valence-electron chi connectivity index (χ3n) is 8.22. The van der Waals surface area contributed by atoms with Gasteiger partial charge in [0.2, 0.25) is 10.0 Å². The van der Waals surface area contributed by atoms with E-state index in [0.29, 0.717) is 23.7 Å². The van der Waals surface area contributed by atoms with Crippen molar-refractivity contribution in [3.8, 4) is 0 Å². The van der Waals surface area contributed by atoms with Crippen LogP contribution < -0.4 is 4.72 Å². The molecule has 0 amide bonds. The molecule has 0 saturated heterocycles. The number of benzene rings is 4. The summed E-state index contributed by atoms with van der Waals surface area (Å²) >= 11 is 0. The van der Waals surface area contributed by atoms with Crippen molar-refractivity contribution in [2.45, 2.75) is 42.7 Å². The Morgan fingerprint density at radius 2 is 1.43 bits per heavy atom. The summed E-state index contributed by atoms with van der Waals surface area (Å²) in [5.74, 6) is -1.24. The number of carboxylic acid groups (broad SMARTS) is 1. The number of fused-ring (bicyclic) bond motifs is 1. The molecule has 0 radical (unpaired) electrons. The molecule has 0 aliphatic rings. The molecule has 0 saturated carbocycles. The van der Waals surface area contributed by atoms with Gasteiger partial charge in [-0.3, -0.25) is 9.78 Å². The number of hydrogen-bond donors (Lipinski definition) is 2. The number of aromatic nitrogens is 3. The molecule has 0 aliphatic heterocycles. The number of nitrogens with one attached hydrogen (secondary N) is 1. The number of nitrogens with zero attached hydrogens (tertiary/aromatic N) is 3. The molecule has 0 aliphatic carbocycles. The highest BCUT2D eigenvalue weighted by molar-refractivity contribution is 7.89. The van der Waals surface area contributed by atoms with Crippen LogP contribution in [0, 0.1) is 6.92 Å². The zero-order chi connectivity index (χ0) is 32.1. The highest BCUT2D eigenvalue weighted by atomic mass is 32.2. The number of carbonyl (C=O) groups is 1. The molecule has 0 fully saturated rings. The van der Waals surface area contributed by atoms with Gasteiger partial charge in [0, 0.05) is 17.8 Å². The van der Waals surface area contributed by atoms with Crippen LogP contribution in [0.15, 0.2) is 139 Å². The zero-order valence-corrected chi connectivity index (χ0v) is 26.1. The van der Waals surface area contributed by atoms with E-state index in [9.17, 15) is 18.3 Å². The minimum Gasteiger partial charge on any atom is -0.480 e. The Bertz CT molecular complexity index is 1970. The second kappa shape index (κ2) is 13.1. The molecule has 6 aromatic rings. The van der Waals surface area contributed by atoms with Crippen LogP contribution in [0.3, 0.4) is 0 Å². The maximum atomic E-state index is 13.4. The van der Waals surface area contributed by atoms with Gasteiger partial charge in [0.25, 0.3) is 0 Å². The first-order valence-corrected chi connectivity index (χ1v) is 16.6. The number of carboxylic acids is 1. The van der Waals surface area contributed by atoms with Crippen LogP contribution >= 0.6 is 0 Å². The van der Waals surface area contributed by atoms with Crippen molar-refractivity contribution in [2.24, 2.45) is 0 Å². The van der Waals surface area contributed by atoms with Crippen molar-refractivity contribution in [3.05, 3.63) is 162 Å². The Labute approximate surface area is 268 Å². The van der Waals surface area contributed by atoms with E-state index in [1.807, 2.05) is 80.1 Å². The Morgan fingerprint density at radius 1 is 0.848 bits per heavy atom. The highest BCUT2D eigenvalue weighted by Gasteiger charge is 2.38. The molecule has 232 valence electrons. The molecule has 9 heteroatoms. The molecular formula is C37H34N4O4S. The molecule has 1 atom stereocenters. The third kappa shape index (κ3) is 6.07. The van der Waals surface area contributed by atoms with Gasteiger partial charge in [-0.05, 0) is 60.6 Å². The van der Waals surface area contributed by atoms with Gasteiger partial charge in [0.15, 0.2) is 0 Å². The van der Waals surface area contributed by atoms with Gasteiger partial charge in [-0.15, -0.1) is 0 Å². The normalized spacial score (nSPS) is 12.6. The van der Waals surface area contributed by atoms with Crippen molar-refractivity contribution < 1.29 is 18.3 Å². The zero-order valence-electron chi connectivity index (χ0n) is 25.3. The molecule has 4 aromatic carbocycles. The maximum Gasteiger partial charge on any atom is 0.321 e. The Kier molecular flexibility index (Phi) is 8.78. The van der Waals surface area contributed by atoms with Crippen LogP contribution in [0.4, 0.5) is 0 Å². The molecule has 0 unspecified atom stereocenters. The van der Waals surface area contributed by atoms with Gasteiger partial charge in [-0.25, -0.2) is 13.4 Å². The van der Waals surface area contributed by atoms with E-state index in [-0.39, 0.29) is 11.3 Å². The topological polar surface area (TPSA) is 114 Å². The van der Waals surface area contributed by atoms with Crippen molar-refractivity contribution in [1.29, 1.82) is 0 Å². The monoisotopic (exact) mass is 630 g/mol. The van der Waals surface area contributed by atoms with Gasteiger partial charge in [-0.2, -0.15) is 4.72 Å². The smallest absolute Gasteiger partial charge is 0.321 e. The summed E-state index contributed by atoms with van der Waals surface area (Å²) in [5, 5.41) is 10.6. The Morgan fingerprint density at radius 3 is 2.00 bits per heavy atom. The lowest BCUT2D eigenvalue weighted by Gasteiger charge is -2.37. The third-order valence-corrected chi connectivity index (χ3v) is 9.72. The molecular weight excluding hydrogens is 596 g/mol. The van der Waals surface area contributed by atoms with Gasteiger partial charge >= 0.3 is 5.97 Å². The number of imidazole rings is 1. The number of hydrogen-bond acceptors (Lipinski definition) is 5. The summed E-state index contributed by atoms with van der Waals surface area (Å²) in [6.45, 7) is 1.88. The number of aliphatic carboxylic acids is 1. The van der Waals surface area contributed by atoms with Gasteiger partial charge in [0.1, 0.15) is 16.5 Å². The maximum absolute atomic E-state index is 13.4. The lowest BCUT2D eigenvalue weighted by molar-refractivity contribution is -0.139. The predicted octanol–water partition coefficient (Wildman–Crippen LogP) is 6.33. The SMILES string of the molecule is Cc1cnc2c(S(=O)(=O)N[C@@H](CCCc3cn(C(c4ccccc4)(c4ccccc4)c4ccccc4)cn3)C(=O)O)cccc2c1. The molecule has 2 N–H and O–H groups in total. The number of sulfonamides is 1. The van der Waals surface area contributed by atoms with Crippen LogP contribution in [0.2, 0.25) is 0 Å². The van der Waals surface area contributed by atoms with Crippen molar-refractivity contribution in [2.75, 3.05) is 0 Å². The fourth-order valence-corrected chi connectivity index (χ4v) is 7.49. The van der Waals surface area contributed by atoms with Crippen molar-refractivity contribution >= 4 is 26.9 Å². The second-order valence-corrected chi connectivity index (χ2v) is 13.0. The number of rotatable bonds is 12. The quantitative estimate of drug-likeness (QED) is 0.153. The van der Waals surface area contributed by atoms with E-state index in [1.54, 1.807) is 18.3 Å². The molecule has 2 heterocycles. The van der Waals surface area contributed by atoms with Gasteiger partial charge in [0.05, 0.1) is 17.5 Å². The highest BCUT2D eigenvalue weighted by Crippen LogP contribution is 2.40. The lowest BCUT2D eigenvalue weighted by atomic mass is 9.77. The fraction of sp³-hybridized carbons (Fsp3) is 0.162. The van der Waals surface area contributed by atoms with Crippen LogP contribution in [-0.2, 0) is 26.8 Å². The van der Waals surface area contributed by atoms with Crippen LogP contribution in [0.5, 0.6) is 0 Å². The summed E-state index contributed by atoms with van der Waals surface area (Å²) in [5.41, 5.74) is 4.45. The average molecular weight is 631 g/mol. The van der Waals surface area contributed by atoms with E-state index >= 15 is 0 Å². The fourth-order valence-electron chi connectivity index (χ4n) is 6.09. The lowest BCUT2D eigenvalue weighted by Crippen LogP contribution is -2.40. The predicted molar refractivity (Wildman–Crippen MR) is 178 cm³/mol. The summed E-state index contributed by atoms with van der Waals surface area (Å²) < 4.78 is 31.2. The molecule has 8 nitrogen and oxygen atoms in total. The minimum absolute atomic E-state index is 0.0472. The van der Waals surface area contributed by atoms with Crippen molar-refractivity contribution in [3.63, 3.8) is 0 Å². The van der Waals surface area contributed by atoms with E-state index in [1.165, 1.54) is 6.07 Å². The Hall–Kier alpha value is -5.12. The average Bonchev–Trinajstić information content (AvgIpc) is 3.54. The number of aryl methyl sites for hydroxylation is 2. The molecule has 0 spiro atoms. The minimum atomic E-state index is -4.16. The van der Waals surface area contributed by atoms with Crippen LogP contribution in [-0.4, -0.2) is 40.1 Å².